The largest absolute Gasteiger partial charge is 0.390 e. The molecule has 0 aliphatic heterocycles. The first-order valence-corrected chi connectivity index (χ1v) is 7.01. The highest BCUT2D eigenvalue weighted by molar-refractivity contribution is 5.39. The van der Waals surface area contributed by atoms with Crippen LogP contribution in [0.3, 0.4) is 0 Å². The Balaban J connectivity index is 2.58. The van der Waals surface area contributed by atoms with E-state index in [9.17, 15) is 5.11 Å². The van der Waals surface area contributed by atoms with Crippen molar-refractivity contribution in [1.29, 1.82) is 0 Å². The van der Waals surface area contributed by atoms with Gasteiger partial charge in [0, 0.05) is 11.6 Å². The summed E-state index contributed by atoms with van der Waals surface area (Å²) in [6, 6.07) is 0. The number of rotatable bonds is 4. The molecule has 0 aliphatic rings. The summed E-state index contributed by atoms with van der Waals surface area (Å²) < 4.78 is 1.84. The number of aliphatic hydroxyl groups is 1. The van der Waals surface area contributed by atoms with E-state index < -0.39 is 0 Å². The van der Waals surface area contributed by atoms with Crippen LogP contribution in [-0.4, -0.2) is 24.9 Å². The van der Waals surface area contributed by atoms with Crippen molar-refractivity contribution in [2.24, 2.45) is 0 Å². The van der Waals surface area contributed by atoms with Gasteiger partial charge in [0.25, 0.3) is 0 Å². The summed E-state index contributed by atoms with van der Waals surface area (Å²) in [5, 5.41) is 14.1. The number of aryl methyl sites for hydroxylation is 1. The summed E-state index contributed by atoms with van der Waals surface area (Å²) in [4.78, 5) is 8.84. The molecule has 0 spiro atoms. The first kappa shape index (κ1) is 14.7. The smallest absolute Gasteiger partial charge is 0.131 e. The van der Waals surface area contributed by atoms with Crippen LogP contribution in [-0.2, 0) is 13.0 Å². The second-order valence-corrected chi connectivity index (χ2v) is 5.29. The molecule has 2 rings (SSSR count). The van der Waals surface area contributed by atoms with E-state index in [2.05, 4.69) is 22.0 Å². The number of hydrogen-bond donors (Lipinski definition) is 1. The quantitative estimate of drug-likeness (QED) is 0.930. The molecule has 0 saturated carbocycles. The summed E-state index contributed by atoms with van der Waals surface area (Å²) in [5.41, 5.74) is 4.72. The minimum Gasteiger partial charge on any atom is -0.390 e. The van der Waals surface area contributed by atoms with Crippen LogP contribution in [0.1, 0.15) is 55.2 Å². The van der Waals surface area contributed by atoms with Crippen LogP contribution in [0.2, 0.25) is 0 Å². The predicted molar refractivity (Wildman–Crippen MR) is 78.0 cm³/mol. The lowest BCUT2D eigenvalue weighted by Crippen LogP contribution is -2.10. The lowest BCUT2D eigenvalue weighted by Gasteiger charge is -2.11. The van der Waals surface area contributed by atoms with E-state index >= 15 is 0 Å². The van der Waals surface area contributed by atoms with Crippen molar-refractivity contribution in [2.45, 2.75) is 53.6 Å². The minimum atomic E-state index is -0.114. The highest BCUT2D eigenvalue weighted by Gasteiger charge is 2.16. The molecule has 5 nitrogen and oxygen atoms in total. The molecular weight excluding hydrogens is 252 g/mol. The monoisotopic (exact) mass is 274 g/mol. The maximum absolute atomic E-state index is 9.58. The molecule has 0 bridgehead atoms. The summed E-state index contributed by atoms with van der Waals surface area (Å²) in [6.07, 6.45) is 2.70. The summed E-state index contributed by atoms with van der Waals surface area (Å²) >= 11 is 0. The highest BCUT2D eigenvalue weighted by Crippen LogP contribution is 2.21. The fourth-order valence-corrected chi connectivity index (χ4v) is 2.42. The Morgan fingerprint density at radius 1 is 1.30 bits per heavy atom. The Bertz CT molecular complexity index is 617. The molecule has 1 N–H and O–H groups in total. The van der Waals surface area contributed by atoms with Crippen LogP contribution < -0.4 is 0 Å². The van der Waals surface area contributed by atoms with Crippen molar-refractivity contribution in [2.75, 3.05) is 0 Å². The minimum absolute atomic E-state index is 0.114. The third-order valence-electron chi connectivity index (χ3n) is 3.55. The van der Waals surface area contributed by atoms with Gasteiger partial charge in [0.15, 0.2) is 0 Å². The van der Waals surface area contributed by atoms with Gasteiger partial charge in [-0.25, -0.2) is 14.6 Å². The molecule has 0 unspecified atom stereocenters. The van der Waals surface area contributed by atoms with Crippen LogP contribution >= 0.6 is 0 Å². The Morgan fingerprint density at radius 2 is 2.00 bits per heavy atom. The molecule has 2 aromatic rings. The molecule has 2 aromatic heterocycles. The Morgan fingerprint density at radius 3 is 2.50 bits per heavy atom. The first-order valence-electron chi connectivity index (χ1n) is 7.01. The van der Waals surface area contributed by atoms with Gasteiger partial charge in [0.2, 0.25) is 0 Å². The normalized spacial score (nSPS) is 11.3. The standard InChI is InChI=1S/C15H22N4O/c1-6-12-10(4)18-19(11(12)5)14-7-16-15(9(2)3)17-13(14)8-20/h7,9,20H,6,8H2,1-5H3. The summed E-state index contributed by atoms with van der Waals surface area (Å²) in [6.45, 7) is 10.1. The van der Waals surface area contributed by atoms with Crippen molar-refractivity contribution in [3.05, 3.63) is 34.7 Å². The fourth-order valence-electron chi connectivity index (χ4n) is 2.42. The van der Waals surface area contributed by atoms with E-state index in [1.807, 2.05) is 32.4 Å². The maximum Gasteiger partial charge on any atom is 0.131 e. The number of hydrogen-bond acceptors (Lipinski definition) is 4. The fraction of sp³-hybridized carbons (Fsp3) is 0.533. The Hall–Kier alpha value is -1.75. The van der Waals surface area contributed by atoms with E-state index in [-0.39, 0.29) is 12.5 Å². The molecular formula is C15H22N4O. The van der Waals surface area contributed by atoms with Crippen molar-refractivity contribution in [3.63, 3.8) is 0 Å². The molecule has 0 aliphatic carbocycles. The first-order chi connectivity index (χ1) is 9.49. The van der Waals surface area contributed by atoms with Gasteiger partial charge in [-0.1, -0.05) is 20.8 Å². The number of aromatic nitrogens is 4. The molecule has 0 amide bonds. The van der Waals surface area contributed by atoms with Gasteiger partial charge in [0.05, 0.1) is 24.2 Å². The second kappa shape index (κ2) is 5.71. The lowest BCUT2D eigenvalue weighted by atomic mass is 10.1. The predicted octanol–water partition coefficient (Wildman–Crippen LogP) is 2.46. The van der Waals surface area contributed by atoms with Gasteiger partial charge in [-0.15, -0.1) is 0 Å². The zero-order valence-corrected chi connectivity index (χ0v) is 12.8. The van der Waals surface area contributed by atoms with Crippen LogP contribution in [0.15, 0.2) is 6.20 Å². The third kappa shape index (κ3) is 2.45. The van der Waals surface area contributed by atoms with Crippen LogP contribution in [0.5, 0.6) is 0 Å². The average Bonchev–Trinajstić information content (AvgIpc) is 2.72. The van der Waals surface area contributed by atoms with Gasteiger partial charge in [-0.2, -0.15) is 5.10 Å². The molecule has 0 radical (unpaired) electrons. The van der Waals surface area contributed by atoms with Gasteiger partial charge < -0.3 is 5.11 Å². The maximum atomic E-state index is 9.58. The van der Waals surface area contributed by atoms with Crippen molar-refractivity contribution >= 4 is 0 Å². The van der Waals surface area contributed by atoms with Crippen molar-refractivity contribution < 1.29 is 5.11 Å². The SMILES string of the molecule is CCc1c(C)nn(-c2cnc(C(C)C)nc2CO)c1C. The summed E-state index contributed by atoms with van der Waals surface area (Å²) in [5.74, 6) is 0.982. The molecule has 0 saturated heterocycles. The topological polar surface area (TPSA) is 63.8 Å². The van der Waals surface area contributed by atoms with Gasteiger partial charge in [-0.3, -0.25) is 0 Å². The summed E-state index contributed by atoms with van der Waals surface area (Å²) in [7, 11) is 0. The van der Waals surface area contributed by atoms with Gasteiger partial charge in [-0.05, 0) is 25.8 Å². The van der Waals surface area contributed by atoms with E-state index in [1.54, 1.807) is 6.20 Å². The van der Waals surface area contributed by atoms with E-state index in [4.69, 9.17) is 0 Å². The van der Waals surface area contributed by atoms with Crippen LogP contribution in [0, 0.1) is 13.8 Å². The zero-order valence-electron chi connectivity index (χ0n) is 12.8. The van der Waals surface area contributed by atoms with E-state index in [1.165, 1.54) is 5.56 Å². The molecule has 5 heteroatoms. The molecule has 108 valence electrons. The highest BCUT2D eigenvalue weighted by atomic mass is 16.3. The second-order valence-electron chi connectivity index (χ2n) is 5.29. The molecule has 2 heterocycles. The van der Waals surface area contributed by atoms with Crippen LogP contribution in [0.25, 0.3) is 5.69 Å². The van der Waals surface area contributed by atoms with Gasteiger partial charge >= 0.3 is 0 Å². The third-order valence-corrected chi connectivity index (χ3v) is 3.55. The molecule has 20 heavy (non-hydrogen) atoms. The molecule has 0 atom stereocenters. The Labute approximate surface area is 119 Å². The van der Waals surface area contributed by atoms with Gasteiger partial charge in [0.1, 0.15) is 11.5 Å². The van der Waals surface area contributed by atoms with Crippen LogP contribution in [0.4, 0.5) is 0 Å². The van der Waals surface area contributed by atoms with Crippen molar-refractivity contribution in [1.82, 2.24) is 19.7 Å². The average molecular weight is 274 g/mol. The van der Waals surface area contributed by atoms with E-state index in [0.717, 1.165) is 29.3 Å². The Kier molecular flexibility index (Phi) is 4.18. The van der Waals surface area contributed by atoms with E-state index in [0.29, 0.717) is 5.69 Å². The van der Waals surface area contributed by atoms with Crippen molar-refractivity contribution in [3.8, 4) is 5.69 Å². The number of aliphatic hydroxyl groups excluding tert-OH is 1. The lowest BCUT2D eigenvalue weighted by molar-refractivity contribution is 0.275. The molecule has 0 fully saturated rings. The zero-order chi connectivity index (χ0) is 14.9. The number of nitrogens with zero attached hydrogens (tertiary/aromatic N) is 4. The molecule has 0 aromatic carbocycles.